The van der Waals surface area contributed by atoms with Crippen molar-refractivity contribution in [3.05, 3.63) is 41.4 Å². The number of nitrogens with two attached hydrogens (primary N) is 1. The Morgan fingerprint density at radius 1 is 1.45 bits per heavy atom. The Bertz CT molecular complexity index is 703. The second-order valence-electron chi connectivity index (χ2n) is 3.97. The van der Waals surface area contributed by atoms with Crippen LogP contribution in [0.5, 0.6) is 0 Å². The number of benzene rings is 1. The molecule has 0 unspecified atom stereocenters. The summed E-state index contributed by atoms with van der Waals surface area (Å²) in [4.78, 5) is -0.567. The predicted octanol–water partition coefficient (Wildman–Crippen LogP) is 1.24. The van der Waals surface area contributed by atoms with Crippen LogP contribution in [0.3, 0.4) is 0 Å². The second-order valence-corrected chi connectivity index (χ2v) is 6.15. The highest BCUT2D eigenvalue weighted by Crippen LogP contribution is 2.24. The molecule has 0 atom stereocenters. The molecule has 0 saturated heterocycles. The Morgan fingerprint density at radius 3 is 2.85 bits per heavy atom. The van der Waals surface area contributed by atoms with Gasteiger partial charge in [-0.15, -0.1) is 0 Å². The molecule has 1 aromatic carbocycles. The summed E-state index contributed by atoms with van der Waals surface area (Å²) in [5, 5.41) is 3.97. The maximum absolute atomic E-state index is 13.8. The van der Waals surface area contributed by atoms with Gasteiger partial charge in [0.05, 0.1) is 12.2 Å². The smallest absolute Gasteiger partial charge is 0.243 e. The Kier molecular flexibility index (Phi) is 4.26. The third-order valence-electron chi connectivity index (χ3n) is 2.51. The summed E-state index contributed by atoms with van der Waals surface area (Å²) in [5.74, 6) is -1.01. The minimum Gasteiger partial charge on any atom is -0.396 e. The largest absolute Gasteiger partial charge is 0.396 e. The number of nitrogens with zero attached hydrogens (tertiary/aromatic N) is 2. The lowest BCUT2D eigenvalue weighted by molar-refractivity contribution is 0.546. The van der Waals surface area contributed by atoms with Crippen molar-refractivity contribution in [2.45, 2.75) is 11.4 Å². The normalized spacial score (nSPS) is 11.7. The van der Waals surface area contributed by atoms with E-state index in [1.807, 2.05) is 0 Å². The standard InChI is InChI=1S/C11H12ClFN4O2S/c12-8-6-9(14)11(13)10(7-8)20(18,19)16-3-5-17-4-1-2-15-17/h1-2,4,6-7,16H,3,5,14H2. The molecule has 0 aliphatic rings. The molecule has 1 aromatic heterocycles. The fraction of sp³-hybridized carbons (Fsp3) is 0.182. The lowest BCUT2D eigenvalue weighted by Gasteiger charge is -2.09. The molecule has 0 amide bonds. The van der Waals surface area contributed by atoms with Crippen LogP contribution >= 0.6 is 11.6 Å². The quantitative estimate of drug-likeness (QED) is 0.811. The number of nitrogen functional groups attached to an aromatic ring is 1. The number of anilines is 1. The Balaban J connectivity index is 2.14. The van der Waals surface area contributed by atoms with E-state index in [4.69, 9.17) is 17.3 Å². The molecule has 3 N–H and O–H groups in total. The van der Waals surface area contributed by atoms with E-state index in [-0.39, 0.29) is 17.3 Å². The number of hydrogen-bond donors (Lipinski definition) is 2. The van der Waals surface area contributed by atoms with E-state index in [2.05, 4.69) is 9.82 Å². The molecule has 0 spiro atoms. The molecule has 0 fully saturated rings. The molecule has 2 rings (SSSR count). The first-order valence-corrected chi connectivity index (χ1v) is 7.48. The van der Waals surface area contributed by atoms with Gasteiger partial charge in [0, 0.05) is 24.0 Å². The lowest BCUT2D eigenvalue weighted by Crippen LogP contribution is -2.28. The number of nitrogens with one attached hydrogen (secondary N) is 1. The molecule has 2 aromatic rings. The maximum Gasteiger partial charge on any atom is 0.243 e. The van der Waals surface area contributed by atoms with E-state index in [0.29, 0.717) is 6.54 Å². The van der Waals surface area contributed by atoms with Gasteiger partial charge in [-0.25, -0.2) is 17.5 Å². The van der Waals surface area contributed by atoms with Crippen molar-refractivity contribution in [2.24, 2.45) is 0 Å². The molecular weight excluding hydrogens is 307 g/mol. The van der Waals surface area contributed by atoms with Gasteiger partial charge in [-0.2, -0.15) is 5.10 Å². The monoisotopic (exact) mass is 318 g/mol. The van der Waals surface area contributed by atoms with Gasteiger partial charge in [-0.3, -0.25) is 4.68 Å². The number of hydrogen-bond acceptors (Lipinski definition) is 4. The molecule has 0 aliphatic carbocycles. The van der Waals surface area contributed by atoms with E-state index >= 15 is 0 Å². The average Bonchev–Trinajstić information content (AvgIpc) is 2.86. The molecule has 9 heteroatoms. The van der Waals surface area contributed by atoms with Crippen LogP contribution in [0.15, 0.2) is 35.5 Å². The van der Waals surface area contributed by atoms with Crippen molar-refractivity contribution in [2.75, 3.05) is 12.3 Å². The topological polar surface area (TPSA) is 90.0 Å². The van der Waals surface area contributed by atoms with Crippen molar-refractivity contribution in [3.8, 4) is 0 Å². The molecule has 0 bridgehead atoms. The molecule has 6 nitrogen and oxygen atoms in total. The Morgan fingerprint density at radius 2 is 2.20 bits per heavy atom. The highest BCUT2D eigenvalue weighted by Gasteiger charge is 2.21. The number of halogens is 2. The minimum atomic E-state index is -4.02. The van der Waals surface area contributed by atoms with Crippen LogP contribution in [0, 0.1) is 5.82 Å². The molecule has 0 saturated carbocycles. The first-order chi connectivity index (χ1) is 9.40. The summed E-state index contributed by atoms with van der Waals surface area (Å²) < 4.78 is 41.6. The van der Waals surface area contributed by atoms with Gasteiger partial charge in [0.1, 0.15) is 4.90 Å². The first-order valence-electron chi connectivity index (χ1n) is 5.62. The number of sulfonamides is 1. The zero-order valence-corrected chi connectivity index (χ0v) is 11.8. The third kappa shape index (κ3) is 3.27. The van der Waals surface area contributed by atoms with Crippen LogP contribution in [-0.4, -0.2) is 24.7 Å². The molecule has 0 radical (unpaired) electrons. The van der Waals surface area contributed by atoms with Gasteiger partial charge in [0.15, 0.2) is 5.82 Å². The van der Waals surface area contributed by atoms with E-state index in [1.54, 1.807) is 23.1 Å². The van der Waals surface area contributed by atoms with E-state index < -0.39 is 20.7 Å². The molecule has 1 heterocycles. The second kappa shape index (κ2) is 5.78. The SMILES string of the molecule is Nc1cc(Cl)cc(S(=O)(=O)NCCn2cccn2)c1F. The molecule has 108 valence electrons. The van der Waals surface area contributed by atoms with Crippen molar-refractivity contribution in [3.63, 3.8) is 0 Å². The first kappa shape index (κ1) is 14.8. The highest BCUT2D eigenvalue weighted by atomic mass is 35.5. The van der Waals surface area contributed by atoms with E-state index in [1.165, 1.54) is 0 Å². The summed E-state index contributed by atoms with van der Waals surface area (Å²) in [7, 11) is -4.02. The number of rotatable bonds is 5. The van der Waals surface area contributed by atoms with Gasteiger partial charge >= 0.3 is 0 Å². The van der Waals surface area contributed by atoms with Crippen molar-refractivity contribution < 1.29 is 12.8 Å². The van der Waals surface area contributed by atoms with Crippen LogP contribution in [0.4, 0.5) is 10.1 Å². The number of aromatic nitrogens is 2. The van der Waals surface area contributed by atoms with Crippen LogP contribution < -0.4 is 10.5 Å². The van der Waals surface area contributed by atoms with Crippen molar-refractivity contribution >= 4 is 27.3 Å². The molecule has 0 aliphatic heterocycles. The fourth-order valence-electron chi connectivity index (χ4n) is 1.59. The molecular formula is C11H12ClFN4O2S. The third-order valence-corrected chi connectivity index (χ3v) is 4.19. The summed E-state index contributed by atoms with van der Waals surface area (Å²) in [6.07, 6.45) is 3.26. The summed E-state index contributed by atoms with van der Waals surface area (Å²) in [6.45, 7) is 0.389. The lowest BCUT2D eigenvalue weighted by atomic mass is 10.3. The minimum absolute atomic E-state index is 0.0522. The van der Waals surface area contributed by atoms with Gasteiger partial charge < -0.3 is 5.73 Å². The summed E-state index contributed by atoms with van der Waals surface area (Å²) in [6, 6.07) is 3.88. The fourth-order valence-corrected chi connectivity index (χ4v) is 3.03. The van der Waals surface area contributed by atoms with Gasteiger partial charge in [-0.05, 0) is 18.2 Å². The summed E-state index contributed by atoms with van der Waals surface area (Å²) >= 11 is 5.69. The van der Waals surface area contributed by atoms with Crippen molar-refractivity contribution in [1.82, 2.24) is 14.5 Å². The van der Waals surface area contributed by atoms with Crippen molar-refractivity contribution in [1.29, 1.82) is 0 Å². The van der Waals surface area contributed by atoms with Gasteiger partial charge in [0.2, 0.25) is 10.0 Å². The van der Waals surface area contributed by atoms with E-state index in [9.17, 15) is 12.8 Å². The average molecular weight is 319 g/mol. The zero-order valence-electron chi connectivity index (χ0n) is 10.3. The Labute approximate surface area is 120 Å². The van der Waals surface area contributed by atoms with Gasteiger partial charge in [0.25, 0.3) is 0 Å². The Hall–Kier alpha value is -1.64. The van der Waals surface area contributed by atoms with Crippen LogP contribution in [0.1, 0.15) is 0 Å². The zero-order chi connectivity index (χ0) is 14.8. The van der Waals surface area contributed by atoms with Gasteiger partial charge in [-0.1, -0.05) is 11.6 Å². The highest BCUT2D eigenvalue weighted by molar-refractivity contribution is 7.89. The summed E-state index contributed by atoms with van der Waals surface area (Å²) in [5.41, 5.74) is 5.04. The molecule has 20 heavy (non-hydrogen) atoms. The van der Waals surface area contributed by atoms with Crippen LogP contribution in [0.25, 0.3) is 0 Å². The maximum atomic E-state index is 13.8. The van der Waals surface area contributed by atoms with E-state index in [0.717, 1.165) is 12.1 Å². The predicted molar refractivity (Wildman–Crippen MR) is 73.2 cm³/mol. The van der Waals surface area contributed by atoms with Crippen LogP contribution in [0.2, 0.25) is 5.02 Å². The van der Waals surface area contributed by atoms with Crippen LogP contribution in [-0.2, 0) is 16.6 Å².